The topological polar surface area (TPSA) is 35.5 Å². The van der Waals surface area contributed by atoms with Crippen LogP contribution in [0.3, 0.4) is 0 Å². The van der Waals surface area contributed by atoms with Crippen LogP contribution in [0, 0.1) is 5.82 Å². The Morgan fingerprint density at radius 3 is 2.42 bits per heavy atom. The highest BCUT2D eigenvalue weighted by molar-refractivity contribution is 5.89. The minimum absolute atomic E-state index is 0.185. The van der Waals surface area contributed by atoms with E-state index in [2.05, 4.69) is 27.7 Å². The van der Waals surface area contributed by atoms with Crippen molar-refractivity contribution in [2.45, 2.75) is 52.2 Å². The third-order valence-electron chi connectivity index (χ3n) is 5.85. The first-order valence-corrected chi connectivity index (χ1v) is 11.3. The fourth-order valence-electron chi connectivity index (χ4n) is 4.55. The monoisotopic (exact) mass is 444 g/mol. The first-order chi connectivity index (χ1) is 15.8. The fourth-order valence-corrected chi connectivity index (χ4v) is 4.55. The Balaban J connectivity index is 2.01. The molecule has 1 heterocycles. The number of hydrogen-bond acceptors (Lipinski definition) is 3. The lowest BCUT2D eigenvalue weighted by molar-refractivity contribution is -0.104. The van der Waals surface area contributed by atoms with E-state index >= 15 is 0 Å². The van der Waals surface area contributed by atoms with E-state index in [1.54, 1.807) is 12.1 Å². The van der Waals surface area contributed by atoms with E-state index in [1.807, 2.05) is 36.4 Å². The quantitative estimate of drug-likeness (QED) is 0.287. The van der Waals surface area contributed by atoms with Gasteiger partial charge < -0.3 is 9.47 Å². The smallest absolute Gasteiger partial charge is 0.170 e. The number of carbonyl (C=O) groups excluding carboxylic acids is 1. The molecule has 1 aliphatic heterocycles. The summed E-state index contributed by atoms with van der Waals surface area (Å²) in [7, 11) is 0. The molecule has 0 aliphatic carbocycles. The molecule has 0 aromatic heterocycles. The van der Waals surface area contributed by atoms with Crippen LogP contribution in [-0.4, -0.2) is 11.9 Å². The lowest BCUT2D eigenvalue weighted by atomic mass is 9.83. The highest BCUT2D eigenvalue weighted by Gasteiger charge is 2.38. The summed E-state index contributed by atoms with van der Waals surface area (Å²) < 4.78 is 26.7. The fraction of sp³-hybridized carbons (Fsp3) is 0.276. The number of aldehydes is 1. The highest BCUT2D eigenvalue weighted by Crippen LogP contribution is 2.53. The molecule has 0 N–H and O–H groups in total. The van der Waals surface area contributed by atoms with Crippen LogP contribution in [0.4, 0.5) is 4.39 Å². The van der Waals surface area contributed by atoms with E-state index in [0.29, 0.717) is 12.4 Å². The molecule has 3 nitrogen and oxygen atoms in total. The Bertz CT molecular complexity index is 1180. The molecule has 4 heteroatoms. The number of hydrogen-bond donors (Lipinski definition) is 0. The van der Waals surface area contributed by atoms with E-state index < -0.39 is 0 Å². The number of carbonyl (C=O) groups is 1. The van der Waals surface area contributed by atoms with Gasteiger partial charge in [0.05, 0.1) is 0 Å². The molecule has 0 saturated heterocycles. The number of allylic oxidation sites excluding steroid dienone is 1. The van der Waals surface area contributed by atoms with Gasteiger partial charge in [-0.1, -0.05) is 62.4 Å². The molecule has 170 valence electrons. The predicted octanol–water partition coefficient (Wildman–Crippen LogP) is 7.12. The van der Waals surface area contributed by atoms with Crippen molar-refractivity contribution < 1.29 is 18.7 Å². The van der Waals surface area contributed by atoms with Gasteiger partial charge in [0.2, 0.25) is 0 Å². The molecule has 0 saturated carbocycles. The van der Waals surface area contributed by atoms with Crippen LogP contribution < -0.4 is 9.47 Å². The van der Waals surface area contributed by atoms with Crippen LogP contribution >= 0.6 is 0 Å². The van der Waals surface area contributed by atoms with Gasteiger partial charge in [0, 0.05) is 17.5 Å². The number of rotatable bonds is 7. The number of ether oxygens (including phenoxy) is 2. The van der Waals surface area contributed by atoms with Gasteiger partial charge in [-0.2, -0.15) is 0 Å². The van der Waals surface area contributed by atoms with Crippen LogP contribution in [0.25, 0.3) is 17.2 Å². The van der Waals surface area contributed by atoms with Crippen LogP contribution in [-0.2, 0) is 17.8 Å². The molecule has 0 amide bonds. The second-order valence-corrected chi connectivity index (χ2v) is 9.31. The molecule has 3 aromatic carbocycles. The lowest BCUT2D eigenvalue weighted by Gasteiger charge is -2.24. The number of halogens is 1. The summed E-state index contributed by atoms with van der Waals surface area (Å²) >= 11 is 0. The minimum Gasteiger partial charge on any atom is -0.484 e. The van der Waals surface area contributed by atoms with Crippen molar-refractivity contribution in [3.63, 3.8) is 0 Å². The van der Waals surface area contributed by atoms with Crippen LogP contribution in [0.1, 0.15) is 55.9 Å². The summed E-state index contributed by atoms with van der Waals surface area (Å²) in [5, 5.41) is 0. The van der Waals surface area contributed by atoms with Crippen molar-refractivity contribution in [1.29, 1.82) is 0 Å². The first-order valence-electron chi connectivity index (χ1n) is 11.3. The third kappa shape index (κ3) is 4.70. The average molecular weight is 445 g/mol. The molecule has 0 spiro atoms. The molecule has 1 aliphatic rings. The standard InChI is InChI=1S/C29H29FO3/c1-19(2)25-23(11-8-16-31)26(21-12-14-22(30)15-13-21)28(27-24(25)17-29(3,4)33-27)32-18-20-9-6-5-7-10-20/h5-16,19H,17-18H2,1-4H3. The molecule has 0 unspecified atom stereocenters. The number of fused-ring (bicyclic) bond motifs is 1. The molecular weight excluding hydrogens is 415 g/mol. The highest BCUT2D eigenvalue weighted by atomic mass is 19.1. The maximum Gasteiger partial charge on any atom is 0.170 e. The van der Waals surface area contributed by atoms with Crippen molar-refractivity contribution in [2.75, 3.05) is 0 Å². The Hall–Kier alpha value is -3.40. The predicted molar refractivity (Wildman–Crippen MR) is 130 cm³/mol. The van der Waals surface area contributed by atoms with Crippen molar-refractivity contribution in [3.05, 3.63) is 88.7 Å². The van der Waals surface area contributed by atoms with Gasteiger partial charge in [-0.3, -0.25) is 4.79 Å². The zero-order chi connectivity index (χ0) is 23.6. The zero-order valence-electron chi connectivity index (χ0n) is 19.5. The van der Waals surface area contributed by atoms with Gasteiger partial charge in [0.25, 0.3) is 0 Å². The molecule has 0 atom stereocenters. The van der Waals surface area contributed by atoms with Crippen molar-refractivity contribution in [2.24, 2.45) is 0 Å². The molecule has 0 fully saturated rings. The van der Waals surface area contributed by atoms with E-state index in [-0.39, 0.29) is 17.3 Å². The summed E-state index contributed by atoms with van der Waals surface area (Å²) in [4.78, 5) is 11.3. The Labute approximate surface area is 194 Å². The summed E-state index contributed by atoms with van der Waals surface area (Å²) in [6.45, 7) is 8.77. The molecule has 33 heavy (non-hydrogen) atoms. The summed E-state index contributed by atoms with van der Waals surface area (Å²) in [5.74, 6) is 1.24. The third-order valence-corrected chi connectivity index (χ3v) is 5.85. The maximum absolute atomic E-state index is 13.8. The van der Waals surface area contributed by atoms with Crippen molar-refractivity contribution in [3.8, 4) is 22.6 Å². The normalized spacial score (nSPS) is 14.4. The molecule has 4 rings (SSSR count). The van der Waals surface area contributed by atoms with Crippen molar-refractivity contribution >= 4 is 12.4 Å². The van der Waals surface area contributed by atoms with Crippen molar-refractivity contribution in [1.82, 2.24) is 0 Å². The SMILES string of the molecule is CC(C)c1c(C=CC=O)c(-c2ccc(F)cc2)c(OCc2ccccc2)c2c1CC(C)(C)O2. The average Bonchev–Trinajstić information content (AvgIpc) is 3.11. The van der Waals surface area contributed by atoms with Gasteiger partial charge in [-0.05, 0) is 60.2 Å². The van der Waals surface area contributed by atoms with Crippen LogP contribution in [0.15, 0.2) is 60.7 Å². The molecule has 0 bridgehead atoms. The van der Waals surface area contributed by atoms with Gasteiger partial charge in [-0.25, -0.2) is 4.39 Å². The van der Waals surface area contributed by atoms with E-state index in [9.17, 15) is 9.18 Å². The van der Waals surface area contributed by atoms with E-state index in [1.165, 1.54) is 18.2 Å². The second-order valence-electron chi connectivity index (χ2n) is 9.31. The summed E-state index contributed by atoms with van der Waals surface area (Å²) in [5.41, 5.74) is 5.41. The Morgan fingerprint density at radius 2 is 1.79 bits per heavy atom. The van der Waals surface area contributed by atoms with E-state index in [0.717, 1.165) is 51.8 Å². The van der Waals surface area contributed by atoms with Crippen LogP contribution in [0.5, 0.6) is 11.5 Å². The minimum atomic E-state index is -0.385. The summed E-state index contributed by atoms with van der Waals surface area (Å²) in [6, 6.07) is 16.3. The molecular formula is C29H29FO3. The lowest BCUT2D eigenvalue weighted by Crippen LogP contribution is -2.25. The summed E-state index contributed by atoms with van der Waals surface area (Å²) in [6.07, 6.45) is 4.85. The largest absolute Gasteiger partial charge is 0.484 e. The molecule has 0 radical (unpaired) electrons. The maximum atomic E-state index is 13.8. The zero-order valence-corrected chi connectivity index (χ0v) is 19.5. The Morgan fingerprint density at radius 1 is 1.09 bits per heavy atom. The van der Waals surface area contributed by atoms with Crippen LogP contribution in [0.2, 0.25) is 0 Å². The number of benzene rings is 3. The van der Waals surface area contributed by atoms with E-state index in [4.69, 9.17) is 9.47 Å². The van der Waals surface area contributed by atoms with Gasteiger partial charge in [0.1, 0.15) is 24.3 Å². The molecule has 3 aromatic rings. The first kappa shape index (κ1) is 22.8. The van der Waals surface area contributed by atoms with Gasteiger partial charge in [-0.15, -0.1) is 0 Å². The Kier molecular flexibility index (Phi) is 6.37. The van der Waals surface area contributed by atoms with Gasteiger partial charge >= 0.3 is 0 Å². The second kappa shape index (κ2) is 9.22. The van der Waals surface area contributed by atoms with Gasteiger partial charge in [0.15, 0.2) is 11.5 Å².